The summed E-state index contributed by atoms with van der Waals surface area (Å²) in [6.45, 7) is 2.11. The van der Waals surface area contributed by atoms with Gasteiger partial charge in [-0.05, 0) is 30.7 Å². The Morgan fingerprint density at radius 2 is 1.77 bits per heavy atom. The highest BCUT2D eigenvalue weighted by atomic mass is 32.2. The lowest BCUT2D eigenvalue weighted by Crippen LogP contribution is -2.38. The van der Waals surface area contributed by atoms with Gasteiger partial charge in [0.1, 0.15) is 0 Å². The van der Waals surface area contributed by atoms with Crippen molar-refractivity contribution < 1.29 is 4.79 Å². The molecule has 1 fully saturated rings. The van der Waals surface area contributed by atoms with Gasteiger partial charge in [0, 0.05) is 17.4 Å². The van der Waals surface area contributed by atoms with Gasteiger partial charge in [0.25, 0.3) is 5.91 Å². The Kier molecular flexibility index (Phi) is 4.59. The van der Waals surface area contributed by atoms with Crippen LogP contribution in [0.1, 0.15) is 23.7 Å². The highest BCUT2D eigenvalue weighted by molar-refractivity contribution is 8.14. The monoisotopic (exact) mass is 310 g/mol. The van der Waals surface area contributed by atoms with Gasteiger partial charge < -0.3 is 0 Å². The quantitative estimate of drug-likeness (QED) is 0.844. The molecule has 0 aromatic heterocycles. The van der Waals surface area contributed by atoms with Gasteiger partial charge in [0.05, 0.1) is 5.69 Å². The van der Waals surface area contributed by atoms with Crippen LogP contribution in [0.25, 0.3) is 0 Å². The van der Waals surface area contributed by atoms with Gasteiger partial charge in [0.2, 0.25) is 0 Å². The molecule has 3 nitrogen and oxygen atoms in total. The molecule has 0 aliphatic carbocycles. The van der Waals surface area contributed by atoms with Crippen molar-refractivity contribution in [3.8, 4) is 0 Å². The Morgan fingerprint density at radius 1 is 1.14 bits per heavy atom. The van der Waals surface area contributed by atoms with E-state index in [2.05, 4.69) is 11.9 Å². The van der Waals surface area contributed by atoms with Crippen molar-refractivity contribution in [1.29, 1.82) is 0 Å². The van der Waals surface area contributed by atoms with Crippen molar-refractivity contribution in [3.05, 3.63) is 66.2 Å². The second-order valence-electron chi connectivity index (χ2n) is 5.14. The van der Waals surface area contributed by atoms with Gasteiger partial charge in [-0.15, -0.1) is 0 Å². The Morgan fingerprint density at radius 3 is 2.41 bits per heavy atom. The van der Waals surface area contributed by atoms with E-state index in [4.69, 9.17) is 0 Å². The minimum Gasteiger partial charge on any atom is -0.283 e. The third-order valence-electron chi connectivity index (χ3n) is 3.67. The van der Waals surface area contributed by atoms with Crippen molar-refractivity contribution >= 4 is 28.5 Å². The average Bonchev–Trinajstić information content (AvgIpc) is 2.98. The first kappa shape index (κ1) is 14.9. The van der Waals surface area contributed by atoms with E-state index in [1.807, 2.05) is 65.6 Å². The molecule has 22 heavy (non-hydrogen) atoms. The molecule has 112 valence electrons. The first-order chi connectivity index (χ1) is 10.8. The van der Waals surface area contributed by atoms with Gasteiger partial charge in [-0.2, -0.15) is 0 Å². The molecule has 2 aromatic carbocycles. The molecular weight excluding hydrogens is 292 g/mol. The second-order valence-corrected chi connectivity index (χ2v) is 6.13. The van der Waals surface area contributed by atoms with E-state index in [1.54, 1.807) is 11.8 Å². The molecule has 1 aliphatic rings. The number of amidine groups is 1. The SMILES string of the molecule is CC[C@H]1CSC(=Nc2ccccc2)N1C(=O)c1ccccc1. The number of para-hydroxylation sites is 1. The number of carbonyl (C=O) groups is 1. The number of hydrogen-bond donors (Lipinski definition) is 0. The zero-order valence-corrected chi connectivity index (χ0v) is 13.3. The van der Waals surface area contributed by atoms with Crippen molar-refractivity contribution in [3.63, 3.8) is 0 Å². The van der Waals surface area contributed by atoms with Crippen LogP contribution in [0.4, 0.5) is 5.69 Å². The van der Waals surface area contributed by atoms with Gasteiger partial charge >= 0.3 is 0 Å². The zero-order chi connectivity index (χ0) is 15.4. The standard InChI is InChI=1S/C18H18N2OS/c1-2-16-13-22-18(19-15-11-7-4-8-12-15)20(16)17(21)14-9-5-3-6-10-14/h3-12,16H,2,13H2,1H3/t16-/m0/s1. The van der Waals surface area contributed by atoms with Crippen molar-refractivity contribution in [2.24, 2.45) is 4.99 Å². The molecule has 0 N–H and O–H groups in total. The molecule has 1 aliphatic heterocycles. The molecule has 1 atom stereocenters. The number of amides is 1. The molecule has 1 saturated heterocycles. The molecule has 0 saturated carbocycles. The van der Waals surface area contributed by atoms with Crippen LogP contribution < -0.4 is 0 Å². The smallest absolute Gasteiger partial charge is 0.260 e. The van der Waals surface area contributed by atoms with Crippen molar-refractivity contribution in [2.45, 2.75) is 19.4 Å². The fourth-order valence-electron chi connectivity index (χ4n) is 2.44. The molecule has 4 heteroatoms. The predicted molar refractivity (Wildman–Crippen MR) is 92.7 cm³/mol. The first-order valence-corrected chi connectivity index (χ1v) is 8.43. The van der Waals surface area contributed by atoms with Crippen LogP contribution in [0.5, 0.6) is 0 Å². The molecule has 0 radical (unpaired) electrons. The van der Waals surface area contributed by atoms with Crippen LogP contribution >= 0.6 is 11.8 Å². The van der Waals surface area contributed by atoms with Crippen molar-refractivity contribution in [1.82, 2.24) is 4.90 Å². The van der Waals surface area contributed by atoms with E-state index >= 15 is 0 Å². The van der Waals surface area contributed by atoms with E-state index in [-0.39, 0.29) is 11.9 Å². The van der Waals surface area contributed by atoms with E-state index in [0.29, 0.717) is 5.56 Å². The molecule has 1 amide bonds. The molecule has 0 spiro atoms. The van der Waals surface area contributed by atoms with Gasteiger partial charge in [-0.1, -0.05) is 55.1 Å². The number of thioether (sulfide) groups is 1. The summed E-state index contributed by atoms with van der Waals surface area (Å²) in [6.07, 6.45) is 0.930. The molecule has 2 aromatic rings. The van der Waals surface area contributed by atoms with E-state index in [0.717, 1.165) is 23.0 Å². The van der Waals surface area contributed by atoms with Crippen LogP contribution in [0, 0.1) is 0 Å². The normalized spacial score (nSPS) is 19.6. The molecule has 0 bridgehead atoms. The Bertz CT molecular complexity index is 670. The number of hydrogen-bond acceptors (Lipinski definition) is 3. The highest BCUT2D eigenvalue weighted by Gasteiger charge is 2.34. The topological polar surface area (TPSA) is 32.7 Å². The summed E-state index contributed by atoms with van der Waals surface area (Å²) in [7, 11) is 0. The van der Waals surface area contributed by atoms with E-state index in [9.17, 15) is 4.79 Å². The Labute approximate surface area is 135 Å². The summed E-state index contributed by atoms with van der Waals surface area (Å²) in [5.74, 6) is 0.938. The number of aliphatic imine (C=N–C) groups is 1. The summed E-state index contributed by atoms with van der Waals surface area (Å²) in [4.78, 5) is 19.4. The summed E-state index contributed by atoms with van der Waals surface area (Å²) < 4.78 is 0. The van der Waals surface area contributed by atoms with Gasteiger partial charge in [-0.3, -0.25) is 9.69 Å². The lowest BCUT2D eigenvalue weighted by Gasteiger charge is -2.23. The number of benzene rings is 2. The lowest BCUT2D eigenvalue weighted by molar-refractivity contribution is 0.0819. The maximum atomic E-state index is 12.8. The second kappa shape index (κ2) is 6.79. The maximum Gasteiger partial charge on any atom is 0.260 e. The Balaban J connectivity index is 1.93. The zero-order valence-electron chi connectivity index (χ0n) is 12.5. The first-order valence-electron chi connectivity index (χ1n) is 7.44. The number of rotatable bonds is 3. The van der Waals surface area contributed by atoms with E-state index in [1.165, 1.54) is 0 Å². The van der Waals surface area contributed by atoms with Crippen LogP contribution in [0.2, 0.25) is 0 Å². The predicted octanol–water partition coefficient (Wildman–Crippen LogP) is 4.34. The molecule has 3 rings (SSSR count). The molecule has 1 heterocycles. The summed E-state index contributed by atoms with van der Waals surface area (Å²) in [6, 6.07) is 19.4. The largest absolute Gasteiger partial charge is 0.283 e. The lowest BCUT2D eigenvalue weighted by atomic mass is 10.1. The highest BCUT2D eigenvalue weighted by Crippen LogP contribution is 2.30. The minimum atomic E-state index is 0.0344. The Hall–Kier alpha value is -2.07. The summed E-state index contributed by atoms with van der Waals surface area (Å²) >= 11 is 1.66. The fourth-order valence-corrected chi connectivity index (χ4v) is 3.71. The average molecular weight is 310 g/mol. The van der Waals surface area contributed by atoms with Crippen LogP contribution in [-0.2, 0) is 0 Å². The summed E-state index contributed by atoms with van der Waals surface area (Å²) in [5, 5.41) is 0.798. The third-order valence-corrected chi connectivity index (χ3v) is 4.77. The minimum absolute atomic E-state index is 0.0344. The molecular formula is C18H18N2OS. The van der Waals surface area contributed by atoms with Crippen LogP contribution in [-0.4, -0.2) is 27.8 Å². The maximum absolute atomic E-state index is 12.8. The number of nitrogens with zero attached hydrogens (tertiary/aromatic N) is 2. The summed E-state index contributed by atoms with van der Waals surface area (Å²) in [5.41, 5.74) is 1.59. The van der Waals surface area contributed by atoms with Crippen molar-refractivity contribution in [2.75, 3.05) is 5.75 Å². The fraction of sp³-hybridized carbons (Fsp3) is 0.222. The van der Waals surface area contributed by atoms with Crippen LogP contribution in [0.15, 0.2) is 65.7 Å². The molecule has 0 unspecified atom stereocenters. The van der Waals surface area contributed by atoms with Gasteiger partial charge in [-0.25, -0.2) is 4.99 Å². The van der Waals surface area contributed by atoms with E-state index < -0.39 is 0 Å². The third kappa shape index (κ3) is 3.07. The van der Waals surface area contributed by atoms with Crippen LogP contribution in [0.3, 0.4) is 0 Å². The number of carbonyl (C=O) groups excluding carboxylic acids is 1. The van der Waals surface area contributed by atoms with Gasteiger partial charge in [0.15, 0.2) is 5.17 Å².